The summed E-state index contributed by atoms with van der Waals surface area (Å²) in [5, 5.41) is 0.983. The number of hydrogen-bond acceptors (Lipinski definition) is 3. The van der Waals surface area contributed by atoms with E-state index in [9.17, 15) is 26.4 Å². The van der Waals surface area contributed by atoms with Gasteiger partial charge in [0.15, 0.2) is 9.84 Å². The zero-order valence-corrected chi connectivity index (χ0v) is 14.2. The molecule has 0 N–H and O–H groups in total. The molecule has 3 rings (SSSR count). The second-order valence-electron chi connectivity index (χ2n) is 5.78. The van der Waals surface area contributed by atoms with Gasteiger partial charge in [-0.2, -0.15) is 13.2 Å². The van der Waals surface area contributed by atoms with Crippen molar-refractivity contribution in [3.8, 4) is 0 Å². The Morgan fingerprint density at radius 1 is 1.00 bits per heavy atom. The normalized spacial score (nSPS) is 18.7. The average molecular weight is 381 g/mol. The highest BCUT2D eigenvalue weighted by atomic mass is 32.2. The van der Waals surface area contributed by atoms with Crippen LogP contribution >= 0.6 is 0 Å². The van der Waals surface area contributed by atoms with Gasteiger partial charge in [0, 0.05) is 11.1 Å². The van der Waals surface area contributed by atoms with Crippen LogP contribution in [0, 0.1) is 0 Å². The second kappa shape index (κ2) is 6.60. The number of halogens is 3. The van der Waals surface area contributed by atoms with Crippen LogP contribution in [-0.4, -0.2) is 26.1 Å². The molecule has 136 valence electrons. The molecule has 1 unspecified atom stereocenters. The maximum atomic E-state index is 13.3. The van der Waals surface area contributed by atoms with E-state index in [1.165, 1.54) is 18.2 Å². The van der Waals surface area contributed by atoms with E-state index in [1.54, 1.807) is 30.3 Å². The fourth-order valence-corrected chi connectivity index (χ4v) is 4.08. The molecule has 1 atom stereocenters. The first-order valence-corrected chi connectivity index (χ1v) is 9.36. The monoisotopic (exact) mass is 381 g/mol. The summed E-state index contributed by atoms with van der Waals surface area (Å²) in [5.41, 5.74) is -1.27. The Balaban J connectivity index is 2.09. The van der Waals surface area contributed by atoms with Crippen LogP contribution in [0.3, 0.4) is 0 Å². The molecule has 1 aliphatic heterocycles. The number of sulfone groups is 1. The van der Waals surface area contributed by atoms with Gasteiger partial charge in [-0.15, -0.1) is 0 Å². The third-order valence-corrected chi connectivity index (χ3v) is 5.34. The van der Waals surface area contributed by atoms with Crippen molar-refractivity contribution in [2.75, 3.05) is 10.7 Å². The molecule has 0 spiro atoms. The number of para-hydroxylation sites is 1. The van der Waals surface area contributed by atoms with Gasteiger partial charge in [0.05, 0.1) is 22.9 Å². The number of carbonyl (C=O) groups excluding carboxylic acids is 1. The van der Waals surface area contributed by atoms with E-state index in [0.29, 0.717) is 5.69 Å². The molecule has 0 saturated heterocycles. The third kappa shape index (κ3) is 3.65. The lowest BCUT2D eigenvalue weighted by Gasteiger charge is -2.28. The molecule has 8 heteroatoms. The van der Waals surface area contributed by atoms with Crippen LogP contribution in [0.5, 0.6) is 0 Å². The Hall–Kier alpha value is -2.61. The molecule has 0 aliphatic carbocycles. The van der Waals surface area contributed by atoms with E-state index in [-0.39, 0.29) is 5.75 Å². The lowest BCUT2D eigenvalue weighted by Crippen LogP contribution is -2.42. The molecule has 26 heavy (non-hydrogen) atoms. The Labute approximate surface area is 148 Å². The van der Waals surface area contributed by atoms with Gasteiger partial charge in [0.1, 0.15) is 0 Å². The fourth-order valence-electron chi connectivity index (χ4n) is 2.81. The Bertz CT molecular complexity index is 953. The lowest BCUT2D eigenvalue weighted by atomic mass is 10.0. The smallest absolute Gasteiger partial charge is 0.300 e. The average Bonchev–Trinajstić information content (AvgIpc) is 2.95. The first-order valence-electron chi connectivity index (χ1n) is 7.65. The highest BCUT2D eigenvalue weighted by Crippen LogP contribution is 2.34. The first kappa shape index (κ1) is 18.2. The number of rotatable bonds is 3. The van der Waals surface area contributed by atoms with Gasteiger partial charge in [0.25, 0.3) is 5.91 Å². The summed E-state index contributed by atoms with van der Waals surface area (Å²) in [7, 11) is -3.50. The van der Waals surface area contributed by atoms with E-state index < -0.39 is 39.1 Å². The molecule has 1 aliphatic rings. The first-order chi connectivity index (χ1) is 12.2. The van der Waals surface area contributed by atoms with Crippen LogP contribution in [0.25, 0.3) is 0 Å². The largest absolute Gasteiger partial charge is 0.417 e. The van der Waals surface area contributed by atoms with Crippen LogP contribution in [0.4, 0.5) is 18.9 Å². The molecular formula is C18H14F3NO3S. The molecule has 1 heterocycles. The summed E-state index contributed by atoms with van der Waals surface area (Å²) in [4.78, 5) is 14.1. The summed E-state index contributed by atoms with van der Waals surface area (Å²) in [5.74, 6) is -1.28. The molecule has 2 aromatic rings. The molecule has 0 bridgehead atoms. The van der Waals surface area contributed by atoms with E-state index in [2.05, 4.69) is 0 Å². The van der Waals surface area contributed by atoms with Crippen LogP contribution in [0.2, 0.25) is 0 Å². The van der Waals surface area contributed by atoms with Crippen molar-refractivity contribution >= 4 is 21.4 Å². The number of anilines is 1. The van der Waals surface area contributed by atoms with Crippen molar-refractivity contribution in [2.24, 2.45) is 0 Å². The summed E-state index contributed by atoms with van der Waals surface area (Å²) in [6.07, 6.45) is -3.39. The van der Waals surface area contributed by atoms with Gasteiger partial charge in [0.2, 0.25) is 0 Å². The number of benzene rings is 2. The quantitative estimate of drug-likeness (QED) is 0.815. The van der Waals surface area contributed by atoms with Crippen molar-refractivity contribution < 1.29 is 26.4 Å². The van der Waals surface area contributed by atoms with E-state index >= 15 is 0 Å². The zero-order valence-electron chi connectivity index (χ0n) is 13.3. The number of alkyl halides is 3. The number of nitrogens with zero attached hydrogens (tertiary/aromatic N) is 1. The van der Waals surface area contributed by atoms with Crippen molar-refractivity contribution in [1.29, 1.82) is 0 Å². The maximum absolute atomic E-state index is 13.3. The predicted molar refractivity (Wildman–Crippen MR) is 91.4 cm³/mol. The van der Waals surface area contributed by atoms with E-state index in [1.807, 2.05) is 0 Å². The SMILES string of the molecule is O=C(c1ccccc1C(F)(F)F)N(c1ccccc1)C1C=CS(=O)(=O)C1. The van der Waals surface area contributed by atoms with Crippen molar-refractivity contribution in [1.82, 2.24) is 0 Å². The number of amides is 1. The van der Waals surface area contributed by atoms with Gasteiger partial charge in [-0.05, 0) is 30.3 Å². The standard InChI is InChI=1S/C18H14F3NO3S/c19-18(20,21)16-9-5-4-8-15(16)17(23)22(13-6-2-1-3-7-13)14-10-11-26(24,25)12-14/h1-11,14H,12H2. The van der Waals surface area contributed by atoms with Crippen LogP contribution in [0.15, 0.2) is 66.1 Å². The van der Waals surface area contributed by atoms with E-state index in [0.717, 1.165) is 22.4 Å². The Kier molecular flexibility index (Phi) is 4.62. The van der Waals surface area contributed by atoms with Gasteiger partial charge in [-0.25, -0.2) is 8.42 Å². The summed E-state index contributed by atoms with van der Waals surface area (Å²) in [6.45, 7) is 0. The fraction of sp³-hybridized carbons (Fsp3) is 0.167. The van der Waals surface area contributed by atoms with Gasteiger partial charge in [-0.3, -0.25) is 4.79 Å². The zero-order chi connectivity index (χ0) is 18.9. The maximum Gasteiger partial charge on any atom is 0.417 e. The molecular weight excluding hydrogens is 367 g/mol. The summed E-state index contributed by atoms with van der Waals surface area (Å²) < 4.78 is 63.4. The highest BCUT2D eigenvalue weighted by molar-refractivity contribution is 7.94. The highest BCUT2D eigenvalue weighted by Gasteiger charge is 2.38. The molecule has 1 amide bonds. The van der Waals surface area contributed by atoms with E-state index in [4.69, 9.17) is 0 Å². The lowest BCUT2D eigenvalue weighted by molar-refractivity contribution is -0.137. The predicted octanol–water partition coefficient (Wildman–Crippen LogP) is 3.66. The van der Waals surface area contributed by atoms with Gasteiger partial charge in [-0.1, -0.05) is 30.3 Å². The van der Waals surface area contributed by atoms with Crippen molar-refractivity contribution in [2.45, 2.75) is 12.2 Å². The van der Waals surface area contributed by atoms with Crippen molar-refractivity contribution in [3.05, 3.63) is 77.2 Å². The number of carbonyl (C=O) groups is 1. The number of hydrogen-bond donors (Lipinski definition) is 0. The Morgan fingerprint density at radius 3 is 2.19 bits per heavy atom. The van der Waals surface area contributed by atoms with Gasteiger partial charge >= 0.3 is 6.18 Å². The second-order valence-corrected chi connectivity index (χ2v) is 7.71. The van der Waals surface area contributed by atoms with Crippen LogP contribution < -0.4 is 4.90 Å². The summed E-state index contributed by atoms with van der Waals surface area (Å²) in [6, 6.07) is 11.6. The van der Waals surface area contributed by atoms with Gasteiger partial charge < -0.3 is 4.90 Å². The Morgan fingerprint density at radius 2 is 1.62 bits per heavy atom. The minimum absolute atomic E-state index is 0.321. The molecule has 0 fully saturated rings. The minimum Gasteiger partial charge on any atom is -0.300 e. The van der Waals surface area contributed by atoms with Crippen molar-refractivity contribution in [3.63, 3.8) is 0 Å². The molecule has 4 nitrogen and oxygen atoms in total. The molecule has 0 saturated carbocycles. The topological polar surface area (TPSA) is 54.5 Å². The minimum atomic E-state index is -4.70. The molecule has 0 radical (unpaired) electrons. The molecule has 0 aromatic heterocycles. The van der Waals surface area contributed by atoms with Crippen LogP contribution in [-0.2, 0) is 16.0 Å². The molecule has 2 aromatic carbocycles. The third-order valence-electron chi connectivity index (χ3n) is 3.96. The summed E-state index contributed by atoms with van der Waals surface area (Å²) >= 11 is 0. The van der Waals surface area contributed by atoms with Crippen LogP contribution in [0.1, 0.15) is 15.9 Å².